The molecule has 3 aromatic rings. The van der Waals surface area contributed by atoms with E-state index in [9.17, 15) is 9.59 Å². The van der Waals surface area contributed by atoms with Gasteiger partial charge >= 0.3 is 0 Å². The summed E-state index contributed by atoms with van der Waals surface area (Å²) >= 11 is 0. The molecule has 1 amide bonds. The largest absolute Gasteiger partial charge is 0.485 e. The number of carbonyl (C=O) groups excluding carboxylic acids is 2. The van der Waals surface area contributed by atoms with Gasteiger partial charge in [-0.3, -0.25) is 9.59 Å². The van der Waals surface area contributed by atoms with Gasteiger partial charge in [0.2, 0.25) is 5.78 Å². The van der Waals surface area contributed by atoms with Crippen LogP contribution in [0, 0.1) is 13.8 Å². The molecule has 0 fully saturated rings. The highest BCUT2D eigenvalue weighted by atomic mass is 16.5. The van der Waals surface area contributed by atoms with Gasteiger partial charge in [0.1, 0.15) is 5.75 Å². The van der Waals surface area contributed by atoms with Crippen LogP contribution in [0.4, 0.5) is 0 Å². The highest BCUT2D eigenvalue weighted by Gasteiger charge is 2.17. The molecule has 0 radical (unpaired) electrons. The van der Waals surface area contributed by atoms with Crippen LogP contribution < -0.4 is 10.5 Å². The Balaban J connectivity index is 1.76. The maximum atomic E-state index is 12.7. The third-order valence-corrected chi connectivity index (χ3v) is 4.57. The van der Waals surface area contributed by atoms with Crippen molar-refractivity contribution < 1.29 is 14.3 Å². The predicted molar refractivity (Wildman–Crippen MR) is 104 cm³/mol. The third kappa shape index (κ3) is 4.08. The molecule has 0 aliphatic carbocycles. The zero-order valence-corrected chi connectivity index (χ0v) is 15.4. The zero-order valence-electron chi connectivity index (χ0n) is 15.4. The minimum absolute atomic E-state index is 0.137. The van der Waals surface area contributed by atoms with Crippen LogP contribution in [-0.4, -0.2) is 22.9 Å². The van der Waals surface area contributed by atoms with Crippen LogP contribution >= 0.6 is 0 Å². The fourth-order valence-electron chi connectivity index (χ4n) is 3.11. The number of para-hydroxylation sites is 1. The van der Waals surface area contributed by atoms with Crippen molar-refractivity contribution in [2.45, 2.75) is 20.4 Å². The molecule has 27 heavy (non-hydrogen) atoms. The van der Waals surface area contributed by atoms with Crippen molar-refractivity contribution in [2.24, 2.45) is 5.73 Å². The summed E-state index contributed by atoms with van der Waals surface area (Å²) in [5.41, 5.74) is 9.31. The average Bonchev–Trinajstić information content (AvgIpc) is 2.95. The summed E-state index contributed by atoms with van der Waals surface area (Å²) in [5.74, 6) is -0.405. The minimum Gasteiger partial charge on any atom is -0.485 e. The molecule has 1 heterocycles. The zero-order chi connectivity index (χ0) is 19.4. The molecular weight excluding hydrogens is 340 g/mol. The second kappa shape index (κ2) is 7.91. The standard InChI is InChI=1S/C22H22N2O3/c1-15-12-19(16(2)24(15)13-17-8-4-3-5-9-17)20(25)14-27-21-11-7-6-10-18(21)22(23)26/h3-12H,13-14H2,1-2H3,(H2,23,26). The number of benzene rings is 2. The van der Waals surface area contributed by atoms with Gasteiger partial charge in [0.25, 0.3) is 5.91 Å². The van der Waals surface area contributed by atoms with Crippen molar-refractivity contribution in [1.29, 1.82) is 0 Å². The van der Waals surface area contributed by atoms with Crippen LogP contribution in [0.5, 0.6) is 5.75 Å². The molecule has 0 atom stereocenters. The van der Waals surface area contributed by atoms with Crippen molar-refractivity contribution in [1.82, 2.24) is 4.57 Å². The van der Waals surface area contributed by atoms with Gasteiger partial charge in [-0.25, -0.2) is 0 Å². The summed E-state index contributed by atoms with van der Waals surface area (Å²) in [6, 6.07) is 18.6. The Morgan fingerprint density at radius 2 is 1.63 bits per heavy atom. The molecule has 0 spiro atoms. The summed E-state index contributed by atoms with van der Waals surface area (Å²) in [5, 5.41) is 0. The molecule has 5 nitrogen and oxygen atoms in total. The first-order valence-corrected chi connectivity index (χ1v) is 8.73. The molecule has 138 valence electrons. The van der Waals surface area contributed by atoms with E-state index in [-0.39, 0.29) is 18.0 Å². The number of ketones is 1. The smallest absolute Gasteiger partial charge is 0.252 e. The minimum atomic E-state index is -0.584. The lowest BCUT2D eigenvalue weighted by atomic mass is 10.1. The number of ether oxygens (including phenoxy) is 1. The first-order chi connectivity index (χ1) is 13.0. The highest BCUT2D eigenvalue weighted by molar-refractivity contribution is 5.99. The Morgan fingerprint density at radius 1 is 0.963 bits per heavy atom. The van der Waals surface area contributed by atoms with E-state index in [2.05, 4.69) is 16.7 Å². The average molecular weight is 362 g/mol. The van der Waals surface area contributed by atoms with Crippen molar-refractivity contribution in [3.05, 3.63) is 88.7 Å². The Hall–Kier alpha value is -3.34. The van der Waals surface area contributed by atoms with E-state index < -0.39 is 5.91 Å². The molecule has 0 saturated carbocycles. The summed E-state index contributed by atoms with van der Waals surface area (Å²) in [7, 11) is 0. The Bertz CT molecular complexity index is 974. The monoisotopic (exact) mass is 362 g/mol. The van der Waals surface area contributed by atoms with Gasteiger partial charge in [0, 0.05) is 23.5 Å². The second-order valence-electron chi connectivity index (χ2n) is 6.43. The summed E-state index contributed by atoms with van der Waals surface area (Å²) in [4.78, 5) is 24.1. The maximum absolute atomic E-state index is 12.7. The Labute approximate surface area is 158 Å². The molecule has 1 aromatic heterocycles. The fourth-order valence-corrected chi connectivity index (χ4v) is 3.11. The molecule has 3 rings (SSSR count). The number of hydrogen-bond acceptors (Lipinski definition) is 3. The van der Waals surface area contributed by atoms with Crippen molar-refractivity contribution in [3.8, 4) is 5.75 Å². The molecule has 0 bridgehead atoms. The van der Waals surface area contributed by atoms with E-state index in [4.69, 9.17) is 10.5 Å². The lowest BCUT2D eigenvalue weighted by molar-refractivity contribution is 0.0911. The number of hydrogen-bond donors (Lipinski definition) is 1. The quantitative estimate of drug-likeness (QED) is 0.654. The number of Topliss-reactive ketones (excluding diaryl/α,β-unsaturated/α-hetero) is 1. The van der Waals surface area contributed by atoms with E-state index in [0.717, 1.165) is 11.4 Å². The van der Waals surface area contributed by atoms with Crippen LogP contribution in [0.3, 0.4) is 0 Å². The molecule has 0 aliphatic rings. The molecule has 5 heteroatoms. The van der Waals surface area contributed by atoms with Gasteiger partial charge in [-0.05, 0) is 37.6 Å². The van der Waals surface area contributed by atoms with Crippen molar-refractivity contribution >= 4 is 11.7 Å². The topological polar surface area (TPSA) is 74.3 Å². The number of nitrogens with two attached hydrogens (primary N) is 1. The van der Waals surface area contributed by atoms with Gasteiger partial charge in [0.15, 0.2) is 6.61 Å². The van der Waals surface area contributed by atoms with Crippen LogP contribution in [-0.2, 0) is 6.54 Å². The Kier molecular flexibility index (Phi) is 5.41. The van der Waals surface area contributed by atoms with E-state index in [1.165, 1.54) is 5.56 Å². The summed E-state index contributed by atoms with van der Waals surface area (Å²) in [6.07, 6.45) is 0. The molecule has 2 aromatic carbocycles. The molecule has 2 N–H and O–H groups in total. The summed E-state index contributed by atoms with van der Waals surface area (Å²) in [6.45, 7) is 4.47. The van der Waals surface area contributed by atoms with Crippen LogP contribution in [0.1, 0.15) is 37.7 Å². The second-order valence-corrected chi connectivity index (χ2v) is 6.43. The first-order valence-electron chi connectivity index (χ1n) is 8.73. The molecule has 0 unspecified atom stereocenters. The maximum Gasteiger partial charge on any atom is 0.252 e. The fraction of sp³-hybridized carbons (Fsp3) is 0.182. The number of amides is 1. The van der Waals surface area contributed by atoms with Gasteiger partial charge in [-0.1, -0.05) is 42.5 Å². The molecule has 0 saturated heterocycles. The van der Waals surface area contributed by atoms with Crippen molar-refractivity contribution in [3.63, 3.8) is 0 Å². The summed E-state index contributed by atoms with van der Waals surface area (Å²) < 4.78 is 7.69. The number of primary amides is 1. The lowest BCUT2D eigenvalue weighted by Gasteiger charge is -2.11. The van der Waals surface area contributed by atoms with Crippen molar-refractivity contribution in [2.75, 3.05) is 6.61 Å². The van der Waals surface area contributed by atoms with Gasteiger partial charge in [-0.2, -0.15) is 0 Å². The number of aryl methyl sites for hydroxylation is 1. The van der Waals surface area contributed by atoms with Crippen LogP contribution in [0.15, 0.2) is 60.7 Å². The van der Waals surface area contributed by atoms with Gasteiger partial charge < -0.3 is 15.0 Å². The molecular formula is C22H22N2O3. The van der Waals surface area contributed by atoms with E-state index in [1.54, 1.807) is 24.3 Å². The van der Waals surface area contributed by atoms with Gasteiger partial charge in [0.05, 0.1) is 5.56 Å². The first kappa shape index (κ1) is 18.5. The predicted octanol–water partition coefficient (Wildman–Crippen LogP) is 3.51. The third-order valence-electron chi connectivity index (χ3n) is 4.57. The van der Waals surface area contributed by atoms with Crippen LogP contribution in [0.25, 0.3) is 0 Å². The van der Waals surface area contributed by atoms with Crippen LogP contribution in [0.2, 0.25) is 0 Å². The molecule has 0 aliphatic heterocycles. The number of nitrogens with zero attached hydrogens (tertiary/aromatic N) is 1. The highest BCUT2D eigenvalue weighted by Crippen LogP contribution is 2.20. The number of aromatic nitrogens is 1. The van der Waals surface area contributed by atoms with Gasteiger partial charge in [-0.15, -0.1) is 0 Å². The van der Waals surface area contributed by atoms with E-state index in [0.29, 0.717) is 17.9 Å². The normalized spacial score (nSPS) is 10.6. The van der Waals surface area contributed by atoms with E-state index in [1.807, 2.05) is 38.1 Å². The number of carbonyl (C=O) groups is 2. The SMILES string of the molecule is Cc1cc(C(=O)COc2ccccc2C(N)=O)c(C)n1Cc1ccccc1. The number of rotatable bonds is 7. The Morgan fingerprint density at radius 3 is 2.33 bits per heavy atom. The van der Waals surface area contributed by atoms with E-state index >= 15 is 0 Å². The lowest BCUT2D eigenvalue weighted by Crippen LogP contribution is -2.17.